The number of hydrogen-bond acceptors (Lipinski definition) is 0. The van der Waals surface area contributed by atoms with Crippen molar-refractivity contribution in [2.75, 3.05) is 5.33 Å². The molecular weight excluding hydrogens is 238 g/mol. The smallest absolute Gasteiger partial charge is 0.129 e. The minimum absolute atomic E-state index is 0.436. The molecule has 0 atom stereocenters. The molecule has 0 unspecified atom stereocenters. The van der Waals surface area contributed by atoms with E-state index in [0.29, 0.717) is 12.0 Å². The molecule has 72 valence electrons. The van der Waals surface area contributed by atoms with Crippen LogP contribution >= 0.6 is 15.9 Å². The van der Waals surface area contributed by atoms with E-state index in [-0.39, 0.29) is 0 Å². The Balaban J connectivity index is 2.56. The maximum atomic E-state index is 13.0. The molecule has 3 heteroatoms. The number of rotatable bonds is 4. The zero-order valence-electron chi connectivity index (χ0n) is 7.19. The summed E-state index contributed by atoms with van der Waals surface area (Å²) in [7, 11) is 0. The van der Waals surface area contributed by atoms with Gasteiger partial charge in [-0.15, -0.1) is 0 Å². The lowest BCUT2D eigenvalue weighted by atomic mass is 10.1. The molecule has 13 heavy (non-hydrogen) atoms. The van der Waals surface area contributed by atoms with E-state index in [1.807, 2.05) is 0 Å². The standard InChI is InChI=1S/C10H11BrF2/c11-6-2-1-3-8-4-5-9(12)7-10(8)13/h4-5,7H,1-3,6H2. The van der Waals surface area contributed by atoms with Gasteiger partial charge in [-0.25, -0.2) is 8.78 Å². The van der Waals surface area contributed by atoms with Gasteiger partial charge in [0.15, 0.2) is 0 Å². The number of aryl methyl sites for hydroxylation is 1. The molecule has 0 aliphatic heterocycles. The topological polar surface area (TPSA) is 0 Å². The Bertz CT molecular complexity index is 274. The predicted octanol–water partition coefficient (Wildman–Crippen LogP) is 3.68. The van der Waals surface area contributed by atoms with Crippen LogP contribution in [0.1, 0.15) is 18.4 Å². The third-order valence-electron chi connectivity index (χ3n) is 1.84. The van der Waals surface area contributed by atoms with Gasteiger partial charge < -0.3 is 0 Å². The van der Waals surface area contributed by atoms with Gasteiger partial charge in [-0.05, 0) is 30.9 Å². The van der Waals surface area contributed by atoms with Crippen molar-refractivity contribution in [2.24, 2.45) is 0 Å². The quantitative estimate of drug-likeness (QED) is 0.564. The second-order valence-electron chi connectivity index (χ2n) is 2.88. The molecule has 0 bridgehead atoms. The van der Waals surface area contributed by atoms with Gasteiger partial charge in [-0.1, -0.05) is 22.0 Å². The second-order valence-corrected chi connectivity index (χ2v) is 3.67. The van der Waals surface area contributed by atoms with Crippen LogP contribution in [0.5, 0.6) is 0 Å². The largest absolute Gasteiger partial charge is 0.207 e. The van der Waals surface area contributed by atoms with Gasteiger partial charge in [-0.3, -0.25) is 0 Å². The number of unbranched alkanes of at least 4 members (excludes halogenated alkanes) is 1. The Labute approximate surface area is 85.1 Å². The highest BCUT2D eigenvalue weighted by Crippen LogP contribution is 2.12. The second kappa shape index (κ2) is 5.32. The Morgan fingerprint density at radius 3 is 2.54 bits per heavy atom. The minimum atomic E-state index is -0.512. The van der Waals surface area contributed by atoms with Crippen LogP contribution in [-0.2, 0) is 6.42 Å². The minimum Gasteiger partial charge on any atom is -0.207 e. The van der Waals surface area contributed by atoms with E-state index in [1.165, 1.54) is 12.1 Å². The fraction of sp³-hybridized carbons (Fsp3) is 0.400. The molecule has 0 fully saturated rings. The normalized spacial score (nSPS) is 10.4. The van der Waals surface area contributed by atoms with Gasteiger partial charge in [-0.2, -0.15) is 0 Å². The fourth-order valence-corrected chi connectivity index (χ4v) is 1.53. The lowest BCUT2D eigenvalue weighted by molar-refractivity contribution is 0.569. The van der Waals surface area contributed by atoms with Crippen molar-refractivity contribution >= 4 is 15.9 Å². The molecule has 1 aromatic rings. The Morgan fingerprint density at radius 1 is 1.15 bits per heavy atom. The summed E-state index contributed by atoms with van der Waals surface area (Å²) >= 11 is 3.30. The first kappa shape index (κ1) is 10.6. The molecule has 1 rings (SSSR count). The molecule has 0 saturated carbocycles. The summed E-state index contributed by atoms with van der Waals surface area (Å²) in [6.07, 6.45) is 2.61. The summed E-state index contributed by atoms with van der Waals surface area (Å²) in [5, 5.41) is 0.926. The lowest BCUT2D eigenvalue weighted by Gasteiger charge is -2.01. The highest BCUT2D eigenvalue weighted by atomic mass is 79.9. The maximum absolute atomic E-state index is 13.0. The van der Waals surface area contributed by atoms with Gasteiger partial charge >= 0.3 is 0 Å². The summed E-state index contributed by atoms with van der Waals surface area (Å²) < 4.78 is 25.5. The highest BCUT2D eigenvalue weighted by Gasteiger charge is 2.02. The van der Waals surface area contributed by atoms with E-state index in [0.717, 1.165) is 24.2 Å². The Morgan fingerprint density at radius 2 is 1.92 bits per heavy atom. The van der Waals surface area contributed by atoms with Crippen molar-refractivity contribution in [3.05, 3.63) is 35.4 Å². The molecule has 0 radical (unpaired) electrons. The monoisotopic (exact) mass is 248 g/mol. The first-order chi connectivity index (χ1) is 6.24. The number of benzene rings is 1. The Kier molecular flexibility index (Phi) is 4.36. The van der Waals surface area contributed by atoms with Crippen LogP contribution in [0.2, 0.25) is 0 Å². The molecule has 0 N–H and O–H groups in total. The van der Waals surface area contributed by atoms with Crippen molar-refractivity contribution in [2.45, 2.75) is 19.3 Å². The van der Waals surface area contributed by atoms with Crippen LogP contribution in [0, 0.1) is 11.6 Å². The fourth-order valence-electron chi connectivity index (χ4n) is 1.13. The van der Waals surface area contributed by atoms with E-state index < -0.39 is 11.6 Å². The molecule has 0 aliphatic carbocycles. The maximum Gasteiger partial charge on any atom is 0.129 e. The van der Waals surface area contributed by atoms with Gasteiger partial charge in [0.2, 0.25) is 0 Å². The summed E-state index contributed by atoms with van der Waals surface area (Å²) in [5.74, 6) is -0.948. The van der Waals surface area contributed by atoms with Crippen molar-refractivity contribution in [1.82, 2.24) is 0 Å². The summed E-state index contributed by atoms with van der Waals surface area (Å²) in [5.41, 5.74) is 0.599. The molecule has 0 aliphatic rings. The van der Waals surface area contributed by atoms with E-state index in [2.05, 4.69) is 15.9 Å². The zero-order chi connectivity index (χ0) is 9.68. The first-order valence-corrected chi connectivity index (χ1v) is 5.36. The number of hydrogen-bond donors (Lipinski definition) is 0. The zero-order valence-corrected chi connectivity index (χ0v) is 8.78. The molecule has 0 spiro atoms. The lowest BCUT2D eigenvalue weighted by Crippen LogP contribution is -1.92. The van der Waals surface area contributed by atoms with Crippen LogP contribution in [0.25, 0.3) is 0 Å². The first-order valence-electron chi connectivity index (χ1n) is 4.24. The SMILES string of the molecule is Fc1ccc(CCCCBr)c(F)c1. The van der Waals surface area contributed by atoms with Gasteiger partial charge in [0.05, 0.1) is 0 Å². The van der Waals surface area contributed by atoms with Crippen molar-refractivity contribution in [3.8, 4) is 0 Å². The van der Waals surface area contributed by atoms with E-state index in [4.69, 9.17) is 0 Å². The average molecular weight is 249 g/mol. The van der Waals surface area contributed by atoms with Gasteiger partial charge in [0, 0.05) is 11.4 Å². The summed E-state index contributed by atoms with van der Waals surface area (Å²) in [4.78, 5) is 0. The number of halogens is 3. The van der Waals surface area contributed by atoms with Crippen LogP contribution in [0.3, 0.4) is 0 Å². The molecule has 1 aromatic carbocycles. The van der Waals surface area contributed by atoms with Gasteiger partial charge in [0.1, 0.15) is 11.6 Å². The van der Waals surface area contributed by atoms with Crippen molar-refractivity contribution in [1.29, 1.82) is 0 Å². The van der Waals surface area contributed by atoms with Crippen LogP contribution in [0.15, 0.2) is 18.2 Å². The summed E-state index contributed by atoms with van der Waals surface area (Å²) in [6, 6.07) is 3.74. The molecule has 0 heterocycles. The molecule has 0 aromatic heterocycles. The van der Waals surface area contributed by atoms with E-state index in [1.54, 1.807) is 0 Å². The van der Waals surface area contributed by atoms with Crippen molar-refractivity contribution < 1.29 is 8.78 Å². The predicted molar refractivity (Wildman–Crippen MR) is 53.1 cm³/mol. The third kappa shape index (κ3) is 3.43. The molecule has 0 nitrogen and oxygen atoms in total. The van der Waals surface area contributed by atoms with Gasteiger partial charge in [0.25, 0.3) is 0 Å². The molecule has 0 amide bonds. The Hall–Kier alpha value is -0.440. The molecule has 0 saturated heterocycles. The highest BCUT2D eigenvalue weighted by molar-refractivity contribution is 9.09. The summed E-state index contributed by atoms with van der Waals surface area (Å²) in [6.45, 7) is 0. The molecular formula is C10H11BrF2. The average Bonchev–Trinajstić information content (AvgIpc) is 2.09. The van der Waals surface area contributed by atoms with Crippen LogP contribution in [0.4, 0.5) is 8.78 Å². The van der Waals surface area contributed by atoms with E-state index >= 15 is 0 Å². The number of alkyl halides is 1. The van der Waals surface area contributed by atoms with E-state index in [9.17, 15) is 8.78 Å². The van der Waals surface area contributed by atoms with Crippen LogP contribution < -0.4 is 0 Å². The third-order valence-corrected chi connectivity index (χ3v) is 2.41. The van der Waals surface area contributed by atoms with Crippen LogP contribution in [-0.4, -0.2) is 5.33 Å². The van der Waals surface area contributed by atoms with Crippen molar-refractivity contribution in [3.63, 3.8) is 0 Å².